The van der Waals surface area contributed by atoms with Crippen LogP contribution in [0.1, 0.15) is 11.1 Å². The molecule has 6 nitrogen and oxygen atoms in total. The van der Waals surface area contributed by atoms with Crippen LogP contribution in [0.3, 0.4) is 0 Å². The first-order chi connectivity index (χ1) is 12.9. The lowest BCUT2D eigenvalue weighted by atomic mass is 10.1. The highest BCUT2D eigenvalue weighted by Gasteiger charge is 2.12. The number of methoxy groups -OCH3 is 2. The highest BCUT2D eigenvalue weighted by Crippen LogP contribution is 2.29. The summed E-state index contributed by atoms with van der Waals surface area (Å²) in [6.45, 7) is 3.94. The van der Waals surface area contributed by atoms with Gasteiger partial charge in [0, 0.05) is 23.7 Å². The van der Waals surface area contributed by atoms with Gasteiger partial charge in [0.1, 0.15) is 18.0 Å². The Balaban J connectivity index is 1.94. The molecular weight excluding hydrogens is 344 g/mol. The van der Waals surface area contributed by atoms with Gasteiger partial charge in [-0.15, -0.1) is 0 Å². The molecule has 0 radical (unpaired) electrons. The van der Waals surface area contributed by atoms with Crippen molar-refractivity contribution in [2.24, 2.45) is 0 Å². The molecule has 2 aromatic carbocycles. The molecule has 0 fully saturated rings. The lowest BCUT2D eigenvalue weighted by Gasteiger charge is -2.15. The largest absolute Gasteiger partial charge is 0.497 e. The Kier molecular flexibility index (Phi) is 5.16. The monoisotopic (exact) mass is 366 g/mol. The number of benzene rings is 2. The van der Waals surface area contributed by atoms with E-state index in [1.54, 1.807) is 36.1 Å². The molecular formula is C21H22N2O4. The SMILES string of the molecule is COc1ccc(OC)c(NC(=O)Cn2ccc(=O)c3c(C)cc(C)cc32)c1. The van der Waals surface area contributed by atoms with Crippen LogP contribution < -0.4 is 20.2 Å². The van der Waals surface area contributed by atoms with E-state index < -0.39 is 0 Å². The van der Waals surface area contributed by atoms with Gasteiger partial charge < -0.3 is 19.4 Å². The van der Waals surface area contributed by atoms with Crippen LogP contribution >= 0.6 is 0 Å². The van der Waals surface area contributed by atoms with Gasteiger partial charge in [-0.3, -0.25) is 9.59 Å². The normalized spacial score (nSPS) is 10.7. The van der Waals surface area contributed by atoms with Crippen LogP contribution in [0.15, 0.2) is 47.4 Å². The van der Waals surface area contributed by atoms with Crippen molar-refractivity contribution in [1.82, 2.24) is 4.57 Å². The van der Waals surface area contributed by atoms with E-state index in [1.807, 2.05) is 26.0 Å². The van der Waals surface area contributed by atoms with Gasteiger partial charge in [0.2, 0.25) is 5.91 Å². The summed E-state index contributed by atoms with van der Waals surface area (Å²) < 4.78 is 12.3. The number of ether oxygens (including phenoxy) is 2. The predicted octanol–water partition coefficient (Wildman–Crippen LogP) is 3.27. The highest BCUT2D eigenvalue weighted by molar-refractivity contribution is 5.93. The Morgan fingerprint density at radius 2 is 1.85 bits per heavy atom. The third-order valence-corrected chi connectivity index (χ3v) is 4.42. The number of carbonyl (C=O) groups is 1. The van der Waals surface area contributed by atoms with Crippen LogP contribution in [0.4, 0.5) is 5.69 Å². The molecule has 3 aromatic rings. The molecule has 0 atom stereocenters. The van der Waals surface area contributed by atoms with Crippen LogP contribution in [-0.4, -0.2) is 24.7 Å². The molecule has 0 spiro atoms. The molecule has 0 bridgehead atoms. The smallest absolute Gasteiger partial charge is 0.244 e. The fraction of sp³-hybridized carbons (Fsp3) is 0.238. The summed E-state index contributed by atoms with van der Waals surface area (Å²) in [6.07, 6.45) is 1.64. The van der Waals surface area contributed by atoms with E-state index in [-0.39, 0.29) is 17.9 Å². The molecule has 0 aliphatic rings. The molecule has 27 heavy (non-hydrogen) atoms. The molecule has 1 amide bonds. The van der Waals surface area contributed by atoms with Crippen molar-refractivity contribution < 1.29 is 14.3 Å². The number of hydrogen-bond acceptors (Lipinski definition) is 4. The van der Waals surface area contributed by atoms with Gasteiger partial charge in [0.25, 0.3) is 0 Å². The summed E-state index contributed by atoms with van der Waals surface area (Å²) in [5, 5.41) is 3.48. The first kappa shape index (κ1) is 18.5. The first-order valence-electron chi connectivity index (χ1n) is 8.55. The maximum atomic E-state index is 12.6. The zero-order valence-electron chi connectivity index (χ0n) is 15.8. The van der Waals surface area contributed by atoms with Crippen LogP contribution in [0.2, 0.25) is 0 Å². The molecule has 0 aliphatic heterocycles. The lowest BCUT2D eigenvalue weighted by Crippen LogP contribution is -2.21. The van der Waals surface area contributed by atoms with E-state index in [4.69, 9.17) is 9.47 Å². The van der Waals surface area contributed by atoms with Gasteiger partial charge in [-0.05, 0) is 43.2 Å². The molecule has 0 saturated heterocycles. The van der Waals surface area contributed by atoms with E-state index in [2.05, 4.69) is 5.32 Å². The Morgan fingerprint density at radius 1 is 1.07 bits per heavy atom. The second-order valence-corrected chi connectivity index (χ2v) is 6.40. The number of amides is 1. The minimum absolute atomic E-state index is 0.0476. The summed E-state index contributed by atoms with van der Waals surface area (Å²) in [7, 11) is 3.10. The van der Waals surface area contributed by atoms with Gasteiger partial charge in [-0.2, -0.15) is 0 Å². The molecule has 1 aromatic heterocycles. The summed E-state index contributed by atoms with van der Waals surface area (Å²) in [5.74, 6) is 0.928. The Bertz CT molecular complexity index is 1070. The van der Waals surface area contributed by atoms with Crippen LogP contribution in [0.25, 0.3) is 10.9 Å². The average Bonchev–Trinajstić information content (AvgIpc) is 2.63. The molecule has 6 heteroatoms. The maximum absolute atomic E-state index is 12.6. The number of fused-ring (bicyclic) bond motifs is 1. The lowest BCUT2D eigenvalue weighted by molar-refractivity contribution is -0.116. The maximum Gasteiger partial charge on any atom is 0.244 e. The average molecular weight is 366 g/mol. The topological polar surface area (TPSA) is 69.6 Å². The summed E-state index contributed by atoms with van der Waals surface area (Å²) in [6, 6.07) is 10.6. The predicted molar refractivity (Wildman–Crippen MR) is 106 cm³/mol. The fourth-order valence-corrected chi connectivity index (χ4v) is 3.21. The minimum atomic E-state index is -0.231. The zero-order valence-corrected chi connectivity index (χ0v) is 15.8. The third-order valence-electron chi connectivity index (χ3n) is 4.42. The number of carbonyl (C=O) groups excluding carboxylic acids is 1. The minimum Gasteiger partial charge on any atom is -0.497 e. The van der Waals surface area contributed by atoms with Crippen molar-refractivity contribution in [1.29, 1.82) is 0 Å². The quantitative estimate of drug-likeness (QED) is 0.752. The van der Waals surface area contributed by atoms with Crippen LogP contribution in [0, 0.1) is 13.8 Å². The summed E-state index contributed by atoms with van der Waals surface area (Å²) in [5.41, 5.74) is 3.16. The van der Waals surface area contributed by atoms with Gasteiger partial charge >= 0.3 is 0 Å². The second kappa shape index (κ2) is 7.53. The van der Waals surface area contributed by atoms with E-state index in [9.17, 15) is 9.59 Å². The standard InChI is InChI=1S/C21H22N2O4/c1-13-9-14(2)21-17(10-13)23(8-7-18(21)24)12-20(25)22-16-11-15(26-3)5-6-19(16)27-4/h5-11H,12H2,1-4H3,(H,22,25). The Morgan fingerprint density at radius 3 is 2.56 bits per heavy atom. The van der Waals surface area contributed by atoms with E-state index in [0.29, 0.717) is 22.6 Å². The second-order valence-electron chi connectivity index (χ2n) is 6.40. The van der Waals surface area contributed by atoms with Crippen molar-refractivity contribution in [3.63, 3.8) is 0 Å². The number of hydrogen-bond donors (Lipinski definition) is 1. The van der Waals surface area contributed by atoms with Gasteiger partial charge in [-0.25, -0.2) is 0 Å². The van der Waals surface area contributed by atoms with Gasteiger partial charge in [0.05, 0.1) is 25.4 Å². The molecule has 1 N–H and O–H groups in total. The number of rotatable bonds is 5. The first-order valence-corrected chi connectivity index (χ1v) is 8.55. The number of anilines is 1. The molecule has 1 heterocycles. The molecule has 0 unspecified atom stereocenters. The van der Waals surface area contributed by atoms with Crippen LogP contribution in [-0.2, 0) is 11.3 Å². The molecule has 140 valence electrons. The summed E-state index contributed by atoms with van der Waals surface area (Å²) in [4.78, 5) is 24.9. The van der Waals surface area contributed by atoms with Crippen molar-refractivity contribution in [2.45, 2.75) is 20.4 Å². The van der Waals surface area contributed by atoms with Crippen molar-refractivity contribution in [3.8, 4) is 11.5 Å². The fourth-order valence-electron chi connectivity index (χ4n) is 3.21. The highest BCUT2D eigenvalue weighted by atomic mass is 16.5. The van der Waals surface area contributed by atoms with E-state index >= 15 is 0 Å². The van der Waals surface area contributed by atoms with E-state index in [1.165, 1.54) is 13.2 Å². The molecule has 3 rings (SSSR count). The zero-order chi connectivity index (χ0) is 19.6. The van der Waals surface area contributed by atoms with Crippen LogP contribution in [0.5, 0.6) is 11.5 Å². The van der Waals surface area contributed by atoms with Crippen molar-refractivity contribution in [3.05, 3.63) is 63.9 Å². The van der Waals surface area contributed by atoms with Gasteiger partial charge in [-0.1, -0.05) is 6.07 Å². The number of aryl methyl sites for hydroxylation is 2. The number of nitrogens with one attached hydrogen (secondary N) is 1. The third kappa shape index (κ3) is 3.79. The van der Waals surface area contributed by atoms with Crippen molar-refractivity contribution in [2.75, 3.05) is 19.5 Å². The van der Waals surface area contributed by atoms with Gasteiger partial charge in [0.15, 0.2) is 5.43 Å². The molecule has 0 aliphatic carbocycles. The Labute approximate surface area is 157 Å². The summed E-state index contributed by atoms with van der Waals surface area (Å²) >= 11 is 0. The number of aromatic nitrogens is 1. The number of nitrogens with zero attached hydrogens (tertiary/aromatic N) is 1. The molecule has 0 saturated carbocycles. The Hall–Kier alpha value is -3.28. The number of pyridine rings is 1. The van der Waals surface area contributed by atoms with E-state index in [0.717, 1.165) is 16.6 Å². The van der Waals surface area contributed by atoms with Crippen molar-refractivity contribution >= 4 is 22.5 Å².